The van der Waals surface area contributed by atoms with E-state index in [-0.39, 0.29) is 18.3 Å². The molecule has 2 bridgehead atoms. The number of nitrogens with one attached hydrogen (secondary N) is 1. The summed E-state index contributed by atoms with van der Waals surface area (Å²) < 4.78 is 19.9. The third-order valence-corrected chi connectivity index (χ3v) is 6.17. The van der Waals surface area contributed by atoms with Crippen molar-refractivity contribution in [2.75, 3.05) is 34.4 Å². The third kappa shape index (κ3) is 3.03. The minimum Gasteiger partial charge on any atom is -0.442 e. The number of amides is 2. The van der Waals surface area contributed by atoms with Gasteiger partial charge in [-0.2, -0.15) is 11.8 Å². The highest BCUT2D eigenvalue weighted by Crippen LogP contribution is 2.42. The second-order valence-corrected chi connectivity index (χ2v) is 7.75. The zero-order valence-electron chi connectivity index (χ0n) is 13.9. The lowest BCUT2D eigenvalue weighted by Crippen LogP contribution is -2.62. The van der Waals surface area contributed by atoms with E-state index in [1.165, 1.54) is 17.9 Å². The zero-order chi connectivity index (χ0) is 17.6. The fourth-order valence-electron chi connectivity index (χ4n) is 3.70. The molecule has 0 aromatic heterocycles. The molecule has 3 unspecified atom stereocenters. The molecule has 3 heterocycles. The first-order valence-electron chi connectivity index (χ1n) is 8.41. The molecule has 25 heavy (non-hydrogen) atoms. The van der Waals surface area contributed by atoms with Gasteiger partial charge in [-0.05, 0) is 24.6 Å². The number of rotatable bonds is 4. The number of halogens is 1. The van der Waals surface area contributed by atoms with Gasteiger partial charge in [0.15, 0.2) is 0 Å². The Morgan fingerprint density at radius 3 is 2.80 bits per heavy atom. The molecule has 3 aliphatic heterocycles. The lowest BCUT2D eigenvalue weighted by molar-refractivity contribution is -0.119. The quantitative estimate of drug-likeness (QED) is 0.884. The van der Waals surface area contributed by atoms with Crippen molar-refractivity contribution in [3.8, 4) is 0 Å². The number of hydrogen-bond donors (Lipinski definition) is 1. The summed E-state index contributed by atoms with van der Waals surface area (Å²) in [5.74, 6) is 1.60. The van der Waals surface area contributed by atoms with Gasteiger partial charge in [-0.25, -0.2) is 9.18 Å². The maximum Gasteiger partial charge on any atom is 0.414 e. The van der Waals surface area contributed by atoms with Crippen LogP contribution >= 0.6 is 11.8 Å². The highest BCUT2D eigenvalue weighted by Gasteiger charge is 2.43. The van der Waals surface area contributed by atoms with Gasteiger partial charge in [-0.3, -0.25) is 9.69 Å². The summed E-state index contributed by atoms with van der Waals surface area (Å²) in [5.41, 5.74) is 1.10. The first-order chi connectivity index (χ1) is 12.0. The van der Waals surface area contributed by atoms with E-state index in [0.29, 0.717) is 30.0 Å². The largest absolute Gasteiger partial charge is 0.442 e. The van der Waals surface area contributed by atoms with Crippen LogP contribution in [0.4, 0.5) is 20.6 Å². The topological polar surface area (TPSA) is 61.9 Å². The number of ether oxygens (including phenoxy) is 1. The molecular formula is C17H20FN3O3S. The number of carbonyl (C=O) groups excluding carboxylic acids is 2. The van der Waals surface area contributed by atoms with Crippen molar-refractivity contribution in [2.45, 2.75) is 31.5 Å². The number of carbonyl (C=O) groups is 2. The number of nitrogens with zero attached hydrogens (tertiary/aromatic N) is 2. The van der Waals surface area contributed by atoms with Crippen LogP contribution < -0.4 is 15.1 Å². The Hall–Kier alpha value is -1.96. The number of thioether (sulfide) groups is 1. The van der Waals surface area contributed by atoms with E-state index in [9.17, 15) is 14.0 Å². The van der Waals surface area contributed by atoms with Gasteiger partial charge in [-0.1, -0.05) is 0 Å². The summed E-state index contributed by atoms with van der Waals surface area (Å²) in [6, 6.07) is 5.76. The maximum atomic E-state index is 14.7. The monoisotopic (exact) mass is 365 g/mol. The maximum absolute atomic E-state index is 14.7. The Kier molecular flexibility index (Phi) is 4.23. The van der Waals surface area contributed by atoms with E-state index in [1.54, 1.807) is 12.1 Å². The molecule has 1 N–H and O–H groups in total. The molecule has 3 atom stereocenters. The first kappa shape index (κ1) is 16.5. The van der Waals surface area contributed by atoms with E-state index in [1.807, 2.05) is 11.8 Å². The Bertz CT molecular complexity index is 702. The second-order valence-electron chi connectivity index (χ2n) is 6.68. The zero-order valence-corrected chi connectivity index (χ0v) is 14.7. The average molecular weight is 365 g/mol. The molecule has 0 radical (unpaired) electrons. The average Bonchev–Trinajstić information content (AvgIpc) is 2.96. The van der Waals surface area contributed by atoms with Gasteiger partial charge in [0.05, 0.1) is 24.5 Å². The molecule has 3 saturated heterocycles. The molecule has 1 aromatic carbocycles. The number of fused-ring (bicyclic) bond motifs is 2. The van der Waals surface area contributed by atoms with Crippen LogP contribution in [0.1, 0.15) is 13.3 Å². The van der Waals surface area contributed by atoms with Crippen LogP contribution in [0, 0.1) is 5.82 Å². The van der Waals surface area contributed by atoms with Crippen molar-refractivity contribution >= 4 is 35.1 Å². The Morgan fingerprint density at radius 1 is 1.40 bits per heavy atom. The predicted octanol–water partition coefficient (Wildman–Crippen LogP) is 1.98. The summed E-state index contributed by atoms with van der Waals surface area (Å²) in [5, 5.41) is 2.63. The summed E-state index contributed by atoms with van der Waals surface area (Å²) in [6.45, 7) is 1.96. The lowest BCUT2D eigenvalue weighted by atomic mass is 9.93. The molecular weight excluding hydrogens is 345 g/mol. The summed E-state index contributed by atoms with van der Waals surface area (Å²) in [4.78, 5) is 26.6. The van der Waals surface area contributed by atoms with Crippen molar-refractivity contribution in [3.63, 3.8) is 0 Å². The summed E-state index contributed by atoms with van der Waals surface area (Å²) in [6.07, 6.45) is 0.197. The number of hydrogen-bond acceptors (Lipinski definition) is 5. The molecule has 6 nitrogen and oxygen atoms in total. The fraction of sp³-hybridized carbons (Fsp3) is 0.529. The van der Waals surface area contributed by atoms with E-state index < -0.39 is 12.2 Å². The van der Waals surface area contributed by atoms with Crippen LogP contribution in [0.5, 0.6) is 0 Å². The van der Waals surface area contributed by atoms with E-state index in [4.69, 9.17) is 4.74 Å². The smallest absolute Gasteiger partial charge is 0.414 e. The molecule has 0 spiro atoms. The van der Waals surface area contributed by atoms with E-state index in [2.05, 4.69) is 10.2 Å². The molecule has 3 fully saturated rings. The normalized spacial score (nSPS) is 27.8. The highest BCUT2D eigenvalue weighted by atomic mass is 32.2. The molecule has 1 aromatic rings. The van der Waals surface area contributed by atoms with Gasteiger partial charge in [0, 0.05) is 30.5 Å². The SMILES string of the molecule is CC(=O)NCC1CN(c2ccc(N3C4CSCC3C4)c(F)c2)C(=O)O1. The molecule has 4 rings (SSSR count). The molecule has 0 saturated carbocycles. The minimum atomic E-state index is -0.514. The first-order valence-corrected chi connectivity index (χ1v) is 9.56. The number of anilines is 2. The van der Waals surface area contributed by atoms with Crippen molar-refractivity contribution in [3.05, 3.63) is 24.0 Å². The summed E-state index contributed by atoms with van der Waals surface area (Å²) in [7, 11) is 0. The fourth-order valence-corrected chi connectivity index (χ4v) is 4.97. The standard InChI is InChI=1S/C17H20FN3O3S/c1-10(22)19-6-14-7-20(17(23)24-14)11-2-3-16(15(18)5-11)21-12-4-13(21)9-25-8-12/h2-3,5,12-14H,4,6-9H2,1H3,(H,19,22). The molecule has 134 valence electrons. The van der Waals surface area contributed by atoms with Crippen molar-refractivity contribution in [2.24, 2.45) is 0 Å². The van der Waals surface area contributed by atoms with Crippen molar-refractivity contribution < 1.29 is 18.7 Å². The number of benzene rings is 1. The molecule has 3 aliphatic rings. The van der Waals surface area contributed by atoms with Crippen LogP contribution in [-0.4, -0.2) is 54.8 Å². The molecule has 0 aliphatic carbocycles. The van der Waals surface area contributed by atoms with Crippen molar-refractivity contribution in [1.29, 1.82) is 0 Å². The number of cyclic esters (lactones) is 1. The second kappa shape index (κ2) is 6.40. The van der Waals surface area contributed by atoms with Gasteiger partial charge >= 0.3 is 6.09 Å². The van der Waals surface area contributed by atoms with Gasteiger partial charge in [0.25, 0.3) is 0 Å². The Morgan fingerprint density at radius 2 is 2.16 bits per heavy atom. The van der Waals surface area contributed by atoms with Gasteiger partial charge < -0.3 is 15.0 Å². The Labute approximate surface area is 149 Å². The van der Waals surface area contributed by atoms with Gasteiger partial charge in [0.1, 0.15) is 11.9 Å². The summed E-state index contributed by atoms with van der Waals surface area (Å²) >= 11 is 1.92. The van der Waals surface area contributed by atoms with Crippen LogP contribution in [-0.2, 0) is 9.53 Å². The molecule has 2 amide bonds. The van der Waals surface area contributed by atoms with Crippen molar-refractivity contribution in [1.82, 2.24) is 5.32 Å². The van der Waals surface area contributed by atoms with Gasteiger partial charge in [0.2, 0.25) is 5.91 Å². The molecule has 8 heteroatoms. The minimum absolute atomic E-state index is 0.178. The third-order valence-electron chi connectivity index (χ3n) is 4.93. The van der Waals surface area contributed by atoms with Crippen LogP contribution in [0.3, 0.4) is 0 Å². The lowest BCUT2D eigenvalue weighted by Gasteiger charge is -2.54. The van der Waals surface area contributed by atoms with Crippen LogP contribution in [0.2, 0.25) is 0 Å². The predicted molar refractivity (Wildman–Crippen MR) is 94.7 cm³/mol. The van der Waals surface area contributed by atoms with Gasteiger partial charge in [-0.15, -0.1) is 0 Å². The Balaban J connectivity index is 1.47. The van der Waals surface area contributed by atoms with E-state index >= 15 is 0 Å². The van der Waals surface area contributed by atoms with E-state index in [0.717, 1.165) is 17.9 Å². The van der Waals surface area contributed by atoms with Crippen LogP contribution in [0.15, 0.2) is 18.2 Å². The highest BCUT2D eigenvalue weighted by molar-refractivity contribution is 7.99. The van der Waals surface area contributed by atoms with Crippen LogP contribution in [0.25, 0.3) is 0 Å².